The molecule has 0 bridgehead atoms. The van der Waals surface area contributed by atoms with Crippen molar-refractivity contribution in [2.24, 2.45) is 0 Å². The van der Waals surface area contributed by atoms with Gasteiger partial charge in [-0.1, -0.05) is 42.0 Å². The molecule has 0 aliphatic heterocycles. The van der Waals surface area contributed by atoms with Crippen LogP contribution in [0.5, 0.6) is 0 Å². The van der Waals surface area contributed by atoms with Gasteiger partial charge in [0.25, 0.3) is 0 Å². The number of halogens is 1. The van der Waals surface area contributed by atoms with Crippen molar-refractivity contribution in [3.05, 3.63) is 70.9 Å². The van der Waals surface area contributed by atoms with E-state index in [1.807, 2.05) is 0 Å². The maximum atomic E-state index is 3.84. The Hall–Kier alpha value is -1.77. The van der Waals surface area contributed by atoms with E-state index in [1.54, 1.807) is 0 Å². The van der Waals surface area contributed by atoms with Crippen LogP contribution in [0.4, 0.5) is 0 Å². The molecule has 1 aromatic heterocycles. The average Bonchev–Trinajstić information content (AvgIpc) is 2.95. The Morgan fingerprint density at radius 1 is 1.12 bits per heavy atom. The van der Waals surface area contributed by atoms with Crippen molar-refractivity contribution in [2.45, 2.75) is 45.2 Å². The number of hydrogen-bond acceptors (Lipinski definition) is 1. The summed E-state index contributed by atoms with van der Waals surface area (Å²) < 4.78 is 0. The Bertz CT molecular complexity index is 822. The molecule has 0 fully saturated rings. The van der Waals surface area contributed by atoms with Crippen LogP contribution in [0.15, 0.2) is 48.5 Å². The minimum Gasteiger partial charge on any atom is -0.357 e. The van der Waals surface area contributed by atoms with E-state index in [9.17, 15) is 0 Å². The summed E-state index contributed by atoms with van der Waals surface area (Å²) in [5.74, 6) is 0. The Balaban J connectivity index is 0.00000169. The highest BCUT2D eigenvalue weighted by atomic mass is 35.5. The monoisotopic (exact) mass is 340 g/mol. The first-order valence-electron chi connectivity index (χ1n) is 8.64. The predicted molar refractivity (Wildman–Crippen MR) is 104 cm³/mol. The van der Waals surface area contributed by atoms with Crippen LogP contribution in [0.1, 0.15) is 54.2 Å². The van der Waals surface area contributed by atoms with Crippen LogP contribution in [0, 0.1) is 6.92 Å². The second-order valence-electron chi connectivity index (χ2n) is 6.81. The first-order valence-corrected chi connectivity index (χ1v) is 8.64. The maximum Gasteiger partial charge on any atom is 0.0480 e. The third kappa shape index (κ3) is 3.09. The number of H-pyrrole nitrogens is 1. The lowest BCUT2D eigenvalue weighted by Gasteiger charge is -2.27. The third-order valence-corrected chi connectivity index (χ3v) is 5.11. The van der Waals surface area contributed by atoms with Gasteiger partial charge in [0.2, 0.25) is 0 Å². The van der Waals surface area contributed by atoms with Gasteiger partial charge in [-0.2, -0.15) is 0 Å². The molecule has 0 radical (unpaired) electrons. The smallest absolute Gasteiger partial charge is 0.0480 e. The largest absolute Gasteiger partial charge is 0.357 e. The summed E-state index contributed by atoms with van der Waals surface area (Å²) in [6, 6.07) is 18.2. The van der Waals surface area contributed by atoms with Gasteiger partial charge in [0, 0.05) is 28.7 Å². The summed E-state index contributed by atoms with van der Waals surface area (Å²) in [4.78, 5) is 3.69. The maximum absolute atomic E-state index is 3.84. The molecule has 4 rings (SSSR count). The zero-order valence-electron chi connectivity index (χ0n) is 14.3. The van der Waals surface area contributed by atoms with Crippen LogP contribution in [0.25, 0.3) is 10.9 Å². The normalized spacial score (nSPS) is 18.0. The number of fused-ring (bicyclic) bond motifs is 3. The molecule has 24 heavy (non-hydrogen) atoms. The first-order chi connectivity index (χ1) is 11.2. The molecule has 1 aliphatic rings. The van der Waals surface area contributed by atoms with Gasteiger partial charge >= 0.3 is 0 Å². The minimum atomic E-state index is 0. The fraction of sp³-hybridized carbons (Fsp3) is 0.333. The van der Waals surface area contributed by atoms with E-state index in [1.165, 1.54) is 52.5 Å². The number of aryl methyl sites for hydroxylation is 2. The fourth-order valence-electron chi connectivity index (χ4n) is 3.88. The van der Waals surface area contributed by atoms with Gasteiger partial charge in [-0.15, -0.1) is 12.4 Å². The molecule has 1 aliphatic carbocycles. The number of rotatable bonds is 3. The Labute approximate surface area is 150 Å². The number of benzene rings is 2. The van der Waals surface area contributed by atoms with Gasteiger partial charge < -0.3 is 10.3 Å². The topological polar surface area (TPSA) is 27.8 Å². The van der Waals surface area contributed by atoms with E-state index in [0.717, 1.165) is 0 Å². The highest BCUT2D eigenvalue weighted by Gasteiger charge is 2.25. The molecule has 1 unspecified atom stereocenters. The SMILES string of the molecule is Cc1ccc2[nH]c3c(c2c1)CCCC3N[C@@H](C)c1ccccc1.Cl. The van der Waals surface area contributed by atoms with Crippen molar-refractivity contribution in [2.75, 3.05) is 0 Å². The Morgan fingerprint density at radius 3 is 2.71 bits per heavy atom. The summed E-state index contributed by atoms with van der Waals surface area (Å²) in [6.45, 7) is 4.44. The number of nitrogens with one attached hydrogen (secondary N) is 2. The summed E-state index contributed by atoms with van der Waals surface area (Å²) in [5, 5.41) is 5.25. The third-order valence-electron chi connectivity index (χ3n) is 5.11. The summed E-state index contributed by atoms with van der Waals surface area (Å²) >= 11 is 0. The van der Waals surface area contributed by atoms with E-state index >= 15 is 0 Å². The van der Waals surface area contributed by atoms with Gasteiger partial charge in [0.1, 0.15) is 0 Å². The van der Waals surface area contributed by atoms with E-state index in [-0.39, 0.29) is 12.4 Å². The standard InChI is InChI=1S/C21H24N2.ClH/c1-14-11-12-19-18(13-14)17-9-6-10-20(21(17)23-19)22-15(2)16-7-4-3-5-8-16;/h3-5,7-8,11-13,15,20,22-23H,6,9-10H2,1-2H3;1H/t15-,20?;/m0./s1. The van der Waals surface area contributed by atoms with Crippen LogP contribution >= 0.6 is 12.4 Å². The van der Waals surface area contributed by atoms with Gasteiger partial charge in [-0.05, 0) is 56.4 Å². The molecule has 2 aromatic carbocycles. The number of aromatic amines is 1. The second-order valence-corrected chi connectivity index (χ2v) is 6.81. The van der Waals surface area contributed by atoms with Crippen molar-refractivity contribution in [1.82, 2.24) is 10.3 Å². The minimum absolute atomic E-state index is 0. The van der Waals surface area contributed by atoms with Gasteiger partial charge in [0.15, 0.2) is 0 Å². The highest BCUT2D eigenvalue weighted by molar-refractivity contribution is 5.86. The molecule has 0 saturated heterocycles. The number of aromatic nitrogens is 1. The van der Waals surface area contributed by atoms with Crippen molar-refractivity contribution >= 4 is 23.3 Å². The Morgan fingerprint density at radius 2 is 1.92 bits per heavy atom. The van der Waals surface area contributed by atoms with Gasteiger partial charge in [-0.3, -0.25) is 0 Å². The molecule has 3 aromatic rings. The van der Waals surface area contributed by atoms with Crippen LogP contribution in [0.2, 0.25) is 0 Å². The molecule has 3 heteroatoms. The van der Waals surface area contributed by atoms with Crippen molar-refractivity contribution in [3.63, 3.8) is 0 Å². The molecule has 1 heterocycles. The lowest BCUT2D eigenvalue weighted by Crippen LogP contribution is -2.27. The summed E-state index contributed by atoms with van der Waals surface area (Å²) in [7, 11) is 0. The van der Waals surface area contributed by atoms with Gasteiger partial charge in [0.05, 0.1) is 0 Å². The lowest BCUT2D eigenvalue weighted by atomic mass is 9.90. The van der Waals surface area contributed by atoms with Crippen LogP contribution in [0.3, 0.4) is 0 Å². The quantitative estimate of drug-likeness (QED) is 0.635. The van der Waals surface area contributed by atoms with Crippen LogP contribution in [-0.4, -0.2) is 4.98 Å². The van der Waals surface area contributed by atoms with Crippen LogP contribution < -0.4 is 5.32 Å². The fourth-order valence-corrected chi connectivity index (χ4v) is 3.88. The first kappa shape index (κ1) is 17.1. The highest BCUT2D eigenvalue weighted by Crippen LogP contribution is 2.36. The molecule has 2 atom stereocenters. The molecule has 0 saturated carbocycles. The van der Waals surface area contributed by atoms with E-state index < -0.39 is 0 Å². The number of hydrogen-bond donors (Lipinski definition) is 2. The van der Waals surface area contributed by atoms with Gasteiger partial charge in [-0.25, -0.2) is 0 Å². The van der Waals surface area contributed by atoms with Crippen molar-refractivity contribution < 1.29 is 0 Å². The molecule has 2 nitrogen and oxygen atoms in total. The lowest BCUT2D eigenvalue weighted by molar-refractivity contribution is 0.410. The second kappa shape index (κ2) is 7.00. The Kier molecular flexibility index (Phi) is 4.98. The van der Waals surface area contributed by atoms with E-state index in [4.69, 9.17) is 0 Å². The van der Waals surface area contributed by atoms with E-state index in [0.29, 0.717) is 12.1 Å². The zero-order valence-corrected chi connectivity index (χ0v) is 15.1. The summed E-state index contributed by atoms with van der Waals surface area (Å²) in [6.07, 6.45) is 3.65. The van der Waals surface area contributed by atoms with Crippen molar-refractivity contribution in [3.8, 4) is 0 Å². The summed E-state index contributed by atoms with van der Waals surface area (Å²) in [5.41, 5.74) is 6.90. The molecular formula is C21H25ClN2. The zero-order chi connectivity index (χ0) is 15.8. The molecule has 126 valence electrons. The molecule has 0 spiro atoms. The predicted octanol–water partition coefficient (Wildman–Crippen LogP) is 5.63. The average molecular weight is 341 g/mol. The molecule has 0 amide bonds. The molecular weight excluding hydrogens is 316 g/mol. The van der Waals surface area contributed by atoms with Crippen LogP contribution in [-0.2, 0) is 6.42 Å². The van der Waals surface area contributed by atoms with E-state index in [2.05, 4.69) is 72.7 Å². The molecule has 2 N–H and O–H groups in total. The van der Waals surface area contributed by atoms with Crippen molar-refractivity contribution in [1.29, 1.82) is 0 Å².